The molecule has 0 atom stereocenters. The van der Waals surface area contributed by atoms with Crippen LogP contribution in [0.25, 0.3) is 0 Å². The summed E-state index contributed by atoms with van der Waals surface area (Å²) >= 11 is 0. The highest BCUT2D eigenvalue weighted by molar-refractivity contribution is 7.90. The van der Waals surface area contributed by atoms with Crippen molar-refractivity contribution in [1.29, 1.82) is 0 Å². The molecule has 2 heterocycles. The Hall–Kier alpha value is -2.82. The summed E-state index contributed by atoms with van der Waals surface area (Å²) in [7, 11) is -2.75. The second-order valence-electron chi connectivity index (χ2n) is 4.38. The van der Waals surface area contributed by atoms with E-state index in [2.05, 4.69) is 25.3 Å². The normalized spacial score (nSPS) is 10.9. The molecule has 11 heteroatoms. The first-order chi connectivity index (χ1) is 10.8. The first-order valence-corrected chi connectivity index (χ1v) is 7.81. The van der Waals surface area contributed by atoms with Gasteiger partial charge in [0.25, 0.3) is 10.0 Å². The number of hydrogen-bond donors (Lipinski definition) is 2. The van der Waals surface area contributed by atoms with Gasteiger partial charge in [0.1, 0.15) is 0 Å². The predicted molar refractivity (Wildman–Crippen MR) is 79.4 cm³/mol. The van der Waals surface area contributed by atoms with E-state index in [1.165, 1.54) is 26.4 Å². The van der Waals surface area contributed by atoms with Crippen LogP contribution in [0.3, 0.4) is 0 Å². The standard InChI is InChI=1S/C12H14N6O4S/c1-7-6-9(22-3)16-11(15-7)17-12(19)18-23(20,21)10-8(2)13-4-5-14-10/h4-6H,1-3H3,(H2,15,16,17,18,19). The largest absolute Gasteiger partial charge is 0.481 e. The number of aryl methyl sites for hydroxylation is 2. The monoisotopic (exact) mass is 338 g/mol. The molecular weight excluding hydrogens is 324 g/mol. The number of urea groups is 1. The number of hydrogen-bond acceptors (Lipinski definition) is 8. The highest BCUT2D eigenvalue weighted by atomic mass is 32.2. The molecule has 2 aromatic heterocycles. The summed E-state index contributed by atoms with van der Waals surface area (Å²) in [5.74, 6) is 0.144. The van der Waals surface area contributed by atoms with Crippen LogP contribution in [0, 0.1) is 13.8 Å². The number of nitrogens with zero attached hydrogens (tertiary/aromatic N) is 4. The Morgan fingerprint density at radius 1 is 1.17 bits per heavy atom. The van der Waals surface area contributed by atoms with Crippen molar-refractivity contribution in [3.8, 4) is 5.88 Å². The molecule has 0 bridgehead atoms. The number of anilines is 1. The number of amides is 2. The summed E-state index contributed by atoms with van der Waals surface area (Å²) in [5, 5.41) is 1.89. The lowest BCUT2D eigenvalue weighted by atomic mass is 10.4. The molecule has 0 aromatic carbocycles. The number of nitrogens with one attached hydrogen (secondary N) is 2. The van der Waals surface area contributed by atoms with E-state index in [1.54, 1.807) is 13.0 Å². The quantitative estimate of drug-likeness (QED) is 0.817. The molecule has 0 radical (unpaired) electrons. The minimum Gasteiger partial charge on any atom is -0.481 e. The molecule has 0 saturated heterocycles. The smallest absolute Gasteiger partial charge is 0.335 e. The van der Waals surface area contributed by atoms with Gasteiger partial charge in [-0.1, -0.05) is 0 Å². The van der Waals surface area contributed by atoms with Crippen molar-refractivity contribution in [3.05, 3.63) is 29.8 Å². The molecule has 2 N–H and O–H groups in total. The van der Waals surface area contributed by atoms with E-state index in [4.69, 9.17) is 4.74 Å². The van der Waals surface area contributed by atoms with Gasteiger partial charge in [-0.3, -0.25) is 10.3 Å². The first kappa shape index (κ1) is 16.5. The predicted octanol–water partition coefficient (Wildman–Crippen LogP) is 0.402. The average molecular weight is 338 g/mol. The average Bonchev–Trinajstić information content (AvgIpc) is 2.46. The van der Waals surface area contributed by atoms with Crippen molar-refractivity contribution in [3.63, 3.8) is 0 Å². The van der Waals surface area contributed by atoms with Crippen LogP contribution in [0.15, 0.2) is 23.5 Å². The van der Waals surface area contributed by atoms with Gasteiger partial charge in [-0.25, -0.2) is 19.5 Å². The zero-order chi connectivity index (χ0) is 17.0. The minimum atomic E-state index is -4.16. The van der Waals surface area contributed by atoms with E-state index >= 15 is 0 Å². The van der Waals surface area contributed by atoms with Gasteiger partial charge in [-0.15, -0.1) is 0 Å². The molecule has 0 spiro atoms. The van der Waals surface area contributed by atoms with Crippen LogP contribution in [0.2, 0.25) is 0 Å². The maximum absolute atomic E-state index is 12.1. The Morgan fingerprint density at radius 2 is 1.87 bits per heavy atom. The topological polar surface area (TPSA) is 136 Å². The third kappa shape index (κ3) is 4.10. The summed E-state index contributed by atoms with van der Waals surface area (Å²) in [6, 6.07) is 0.533. The van der Waals surface area contributed by atoms with Crippen LogP contribution in [-0.4, -0.2) is 41.5 Å². The summed E-state index contributed by atoms with van der Waals surface area (Å²) in [5.41, 5.74) is 0.709. The second kappa shape index (κ2) is 6.52. The summed E-state index contributed by atoms with van der Waals surface area (Å²) in [6.45, 7) is 3.14. The molecule has 0 aliphatic rings. The van der Waals surface area contributed by atoms with Gasteiger partial charge < -0.3 is 4.74 Å². The Balaban J connectivity index is 2.16. The van der Waals surface area contributed by atoms with Gasteiger partial charge in [0.15, 0.2) is 5.03 Å². The van der Waals surface area contributed by atoms with E-state index < -0.39 is 16.1 Å². The van der Waals surface area contributed by atoms with Crippen molar-refractivity contribution < 1.29 is 17.9 Å². The van der Waals surface area contributed by atoms with Crippen LogP contribution >= 0.6 is 0 Å². The molecule has 0 unspecified atom stereocenters. The highest BCUT2D eigenvalue weighted by Crippen LogP contribution is 2.12. The molecule has 10 nitrogen and oxygen atoms in total. The molecule has 2 amide bonds. The molecule has 2 rings (SSSR count). The van der Waals surface area contributed by atoms with Gasteiger partial charge >= 0.3 is 6.03 Å². The number of methoxy groups -OCH3 is 1. The van der Waals surface area contributed by atoms with E-state index in [0.29, 0.717) is 5.69 Å². The zero-order valence-corrected chi connectivity index (χ0v) is 13.4. The number of carbonyl (C=O) groups is 1. The Kier molecular flexibility index (Phi) is 4.69. The second-order valence-corrected chi connectivity index (χ2v) is 5.98. The fourth-order valence-electron chi connectivity index (χ4n) is 1.66. The van der Waals surface area contributed by atoms with E-state index in [9.17, 15) is 13.2 Å². The number of sulfonamides is 1. The SMILES string of the molecule is COc1cc(C)nc(NC(=O)NS(=O)(=O)c2nccnc2C)n1. The summed E-state index contributed by atoms with van der Waals surface area (Å²) < 4.78 is 31.0. The first-order valence-electron chi connectivity index (χ1n) is 6.33. The highest BCUT2D eigenvalue weighted by Gasteiger charge is 2.22. The third-order valence-electron chi connectivity index (χ3n) is 2.58. The third-order valence-corrected chi connectivity index (χ3v) is 3.95. The number of aromatic nitrogens is 4. The Labute approximate surface area is 132 Å². The lowest BCUT2D eigenvalue weighted by Crippen LogP contribution is -2.35. The number of carbonyl (C=O) groups excluding carboxylic acids is 1. The lowest BCUT2D eigenvalue weighted by Gasteiger charge is -2.09. The maximum atomic E-state index is 12.1. The van der Waals surface area contributed by atoms with Crippen molar-refractivity contribution >= 4 is 22.0 Å². The van der Waals surface area contributed by atoms with Crippen LogP contribution in [0.1, 0.15) is 11.4 Å². The summed E-state index contributed by atoms with van der Waals surface area (Å²) in [6.07, 6.45) is 2.56. The summed E-state index contributed by atoms with van der Waals surface area (Å²) in [4.78, 5) is 27.2. The zero-order valence-electron chi connectivity index (χ0n) is 12.6. The Morgan fingerprint density at radius 3 is 2.52 bits per heavy atom. The minimum absolute atomic E-state index is 0.0922. The molecule has 0 aliphatic heterocycles. The van der Waals surface area contributed by atoms with Crippen LogP contribution in [0.4, 0.5) is 10.7 Å². The maximum Gasteiger partial charge on any atom is 0.335 e. The molecule has 0 fully saturated rings. The molecule has 2 aromatic rings. The molecule has 122 valence electrons. The number of ether oxygens (including phenoxy) is 1. The van der Waals surface area contributed by atoms with Gasteiger partial charge in [-0.05, 0) is 13.8 Å². The van der Waals surface area contributed by atoms with Crippen molar-refractivity contribution in [2.45, 2.75) is 18.9 Å². The fourth-order valence-corrected chi connectivity index (χ4v) is 2.69. The Bertz CT molecular complexity index is 839. The van der Waals surface area contributed by atoms with Crippen molar-refractivity contribution in [1.82, 2.24) is 24.7 Å². The van der Waals surface area contributed by atoms with Gasteiger partial charge in [0.05, 0.1) is 12.8 Å². The van der Waals surface area contributed by atoms with Gasteiger partial charge in [0, 0.05) is 24.2 Å². The van der Waals surface area contributed by atoms with Crippen molar-refractivity contribution in [2.24, 2.45) is 0 Å². The van der Waals surface area contributed by atoms with Gasteiger partial charge in [0.2, 0.25) is 11.8 Å². The van der Waals surface area contributed by atoms with Crippen LogP contribution in [-0.2, 0) is 10.0 Å². The van der Waals surface area contributed by atoms with Crippen LogP contribution in [0.5, 0.6) is 5.88 Å². The fraction of sp³-hybridized carbons (Fsp3) is 0.250. The van der Waals surface area contributed by atoms with Crippen molar-refractivity contribution in [2.75, 3.05) is 12.4 Å². The van der Waals surface area contributed by atoms with Gasteiger partial charge in [-0.2, -0.15) is 13.4 Å². The molecule has 0 saturated carbocycles. The molecule has 0 aliphatic carbocycles. The number of rotatable bonds is 4. The molecular formula is C12H14N6O4S. The lowest BCUT2D eigenvalue weighted by molar-refractivity contribution is 0.256. The van der Waals surface area contributed by atoms with E-state index in [1.807, 2.05) is 4.72 Å². The van der Waals surface area contributed by atoms with E-state index in [0.717, 1.165) is 0 Å². The van der Waals surface area contributed by atoms with E-state index in [-0.39, 0.29) is 22.5 Å². The molecule has 23 heavy (non-hydrogen) atoms. The van der Waals surface area contributed by atoms with Crippen LogP contribution < -0.4 is 14.8 Å².